The zero-order chi connectivity index (χ0) is 22.1. The first-order chi connectivity index (χ1) is 14.1. The highest BCUT2D eigenvalue weighted by Gasteiger charge is 2.32. The lowest BCUT2D eigenvalue weighted by atomic mass is 10.1. The summed E-state index contributed by atoms with van der Waals surface area (Å²) in [6.07, 6.45) is -3.26. The summed E-state index contributed by atoms with van der Waals surface area (Å²) in [6.45, 7) is 1.57. The van der Waals surface area contributed by atoms with Crippen molar-refractivity contribution in [2.24, 2.45) is 0 Å². The molecule has 30 heavy (non-hydrogen) atoms. The van der Waals surface area contributed by atoms with E-state index >= 15 is 0 Å². The lowest BCUT2D eigenvalue weighted by Gasteiger charge is -2.15. The summed E-state index contributed by atoms with van der Waals surface area (Å²) < 4.78 is 40.5. The van der Waals surface area contributed by atoms with Gasteiger partial charge in [-0.2, -0.15) is 28.1 Å². The fourth-order valence-electron chi connectivity index (χ4n) is 2.60. The van der Waals surface area contributed by atoms with Crippen molar-refractivity contribution in [3.05, 3.63) is 63.5 Å². The smallest absolute Gasteiger partial charge is 0.366 e. The molecular formula is C18H13BrF3N7O. The molecule has 1 atom stereocenters. The second-order valence-corrected chi connectivity index (χ2v) is 7.09. The number of nitriles is 1. The third kappa shape index (κ3) is 4.57. The van der Waals surface area contributed by atoms with E-state index in [1.165, 1.54) is 29.1 Å². The number of nitrogens with one attached hydrogen (secondary N) is 1. The Hall–Kier alpha value is -3.46. The van der Waals surface area contributed by atoms with E-state index in [4.69, 9.17) is 11.0 Å². The number of rotatable bonds is 4. The summed E-state index contributed by atoms with van der Waals surface area (Å²) in [5, 5.41) is 15.5. The van der Waals surface area contributed by atoms with E-state index in [9.17, 15) is 18.0 Å². The van der Waals surface area contributed by atoms with E-state index in [1.807, 2.05) is 6.07 Å². The van der Waals surface area contributed by atoms with Gasteiger partial charge in [0, 0.05) is 16.2 Å². The fraction of sp³-hybridized carbons (Fsp3) is 0.167. The van der Waals surface area contributed by atoms with Gasteiger partial charge in [0.2, 0.25) is 5.95 Å². The molecule has 2 heterocycles. The number of amides is 1. The standard InChI is InChI=1S/C18H13BrF3N7O/c1-9(26-16(30)11-4-12(18(20,21)22)6-13(19)5-11)15-27-17(24)28-29(15)14-3-2-10(7-23)8-25-14/h2-6,8-9H,1H3,(H2,24,28)(H,26,30). The first-order valence-corrected chi connectivity index (χ1v) is 9.15. The molecule has 0 aliphatic heterocycles. The van der Waals surface area contributed by atoms with E-state index in [0.29, 0.717) is 11.4 Å². The Bertz CT molecular complexity index is 1140. The highest BCUT2D eigenvalue weighted by atomic mass is 79.9. The van der Waals surface area contributed by atoms with E-state index < -0.39 is 23.7 Å². The van der Waals surface area contributed by atoms with Crippen LogP contribution in [0.25, 0.3) is 5.82 Å². The molecule has 3 N–H and O–H groups in total. The molecule has 0 bridgehead atoms. The van der Waals surface area contributed by atoms with Crippen molar-refractivity contribution in [1.29, 1.82) is 5.26 Å². The molecule has 1 unspecified atom stereocenters. The van der Waals surface area contributed by atoms with Gasteiger partial charge in [0.25, 0.3) is 5.91 Å². The lowest BCUT2D eigenvalue weighted by molar-refractivity contribution is -0.137. The predicted octanol–water partition coefficient (Wildman–Crippen LogP) is 3.39. The number of hydrogen-bond acceptors (Lipinski definition) is 6. The fourth-order valence-corrected chi connectivity index (χ4v) is 3.09. The minimum absolute atomic E-state index is 0.0842. The molecule has 154 valence electrons. The van der Waals surface area contributed by atoms with Gasteiger partial charge in [0.05, 0.1) is 17.2 Å². The van der Waals surface area contributed by atoms with Crippen molar-refractivity contribution >= 4 is 27.8 Å². The molecule has 8 nitrogen and oxygen atoms in total. The molecule has 3 aromatic rings. The van der Waals surface area contributed by atoms with Crippen LogP contribution in [-0.2, 0) is 6.18 Å². The quantitative estimate of drug-likeness (QED) is 0.591. The maximum Gasteiger partial charge on any atom is 0.416 e. The van der Waals surface area contributed by atoms with Crippen LogP contribution in [0.3, 0.4) is 0 Å². The Balaban J connectivity index is 1.88. The number of pyridine rings is 1. The number of nitrogen functional groups attached to an aromatic ring is 1. The number of benzene rings is 1. The predicted molar refractivity (Wildman–Crippen MR) is 103 cm³/mol. The van der Waals surface area contributed by atoms with Crippen LogP contribution in [0.5, 0.6) is 0 Å². The van der Waals surface area contributed by atoms with Crippen LogP contribution in [0.4, 0.5) is 19.1 Å². The van der Waals surface area contributed by atoms with Gasteiger partial charge in [0.15, 0.2) is 11.6 Å². The van der Waals surface area contributed by atoms with Gasteiger partial charge >= 0.3 is 6.18 Å². The van der Waals surface area contributed by atoms with Crippen molar-refractivity contribution in [3.8, 4) is 11.9 Å². The largest absolute Gasteiger partial charge is 0.416 e. The van der Waals surface area contributed by atoms with Crippen molar-refractivity contribution < 1.29 is 18.0 Å². The minimum atomic E-state index is -4.60. The number of hydrogen-bond donors (Lipinski definition) is 2. The molecule has 12 heteroatoms. The maximum absolute atomic E-state index is 13.0. The van der Waals surface area contributed by atoms with Gasteiger partial charge in [-0.1, -0.05) is 15.9 Å². The number of carbonyl (C=O) groups excluding carboxylic acids is 1. The molecule has 0 aliphatic carbocycles. The summed E-state index contributed by atoms with van der Waals surface area (Å²) in [4.78, 5) is 20.7. The number of nitrogens with zero attached hydrogens (tertiary/aromatic N) is 5. The Kier molecular flexibility index (Phi) is 5.75. The van der Waals surface area contributed by atoms with E-state index in [2.05, 4.69) is 36.3 Å². The van der Waals surface area contributed by atoms with Crippen LogP contribution >= 0.6 is 15.9 Å². The number of nitrogens with two attached hydrogens (primary N) is 1. The number of aromatic nitrogens is 4. The second-order valence-electron chi connectivity index (χ2n) is 6.18. The van der Waals surface area contributed by atoms with E-state index in [-0.39, 0.29) is 21.8 Å². The minimum Gasteiger partial charge on any atom is -0.366 e. The average Bonchev–Trinajstić information content (AvgIpc) is 3.08. The molecule has 0 saturated carbocycles. The van der Waals surface area contributed by atoms with Crippen molar-refractivity contribution in [1.82, 2.24) is 25.1 Å². The zero-order valence-corrected chi connectivity index (χ0v) is 16.9. The molecular weight excluding hydrogens is 467 g/mol. The monoisotopic (exact) mass is 479 g/mol. The second kappa shape index (κ2) is 8.11. The molecule has 0 fully saturated rings. The van der Waals surface area contributed by atoms with Crippen LogP contribution in [0, 0.1) is 11.3 Å². The number of alkyl halides is 3. The number of halogens is 4. The maximum atomic E-state index is 13.0. The van der Waals surface area contributed by atoms with Gasteiger partial charge in [-0.05, 0) is 37.3 Å². The SMILES string of the molecule is CC(NC(=O)c1cc(Br)cc(C(F)(F)F)c1)c1nc(N)nn1-c1ccc(C#N)cn1. The normalized spacial score (nSPS) is 12.3. The van der Waals surface area contributed by atoms with Crippen LogP contribution in [-0.4, -0.2) is 25.7 Å². The molecule has 0 aliphatic rings. The van der Waals surface area contributed by atoms with Gasteiger partial charge < -0.3 is 11.1 Å². The number of anilines is 1. The van der Waals surface area contributed by atoms with Crippen molar-refractivity contribution in [2.75, 3.05) is 5.73 Å². The molecule has 0 saturated heterocycles. The molecule has 0 radical (unpaired) electrons. The zero-order valence-electron chi connectivity index (χ0n) is 15.3. The molecule has 1 aromatic carbocycles. The third-order valence-electron chi connectivity index (χ3n) is 3.96. The van der Waals surface area contributed by atoms with Crippen LogP contribution < -0.4 is 11.1 Å². The summed E-state index contributed by atoms with van der Waals surface area (Å²) in [5.41, 5.74) is 4.87. The van der Waals surface area contributed by atoms with E-state index in [1.54, 1.807) is 6.92 Å². The molecule has 2 aromatic heterocycles. The Labute approximate surface area is 176 Å². The van der Waals surface area contributed by atoms with E-state index in [0.717, 1.165) is 12.1 Å². The van der Waals surface area contributed by atoms with Gasteiger partial charge in [-0.3, -0.25) is 4.79 Å². The Morgan fingerprint density at radius 1 is 1.33 bits per heavy atom. The number of carbonyl (C=O) groups is 1. The van der Waals surface area contributed by atoms with Gasteiger partial charge in [-0.15, -0.1) is 5.10 Å². The highest BCUT2D eigenvalue weighted by Crippen LogP contribution is 2.32. The summed E-state index contributed by atoms with van der Waals surface area (Å²) in [7, 11) is 0. The van der Waals surface area contributed by atoms with Gasteiger partial charge in [-0.25, -0.2) is 4.98 Å². The van der Waals surface area contributed by atoms with Crippen LogP contribution in [0.2, 0.25) is 0 Å². The molecule has 1 amide bonds. The topological polar surface area (TPSA) is 123 Å². The van der Waals surface area contributed by atoms with Crippen LogP contribution in [0.1, 0.15) is 40.3 Å². The Morgan fingerprint density at radius 3 is 2.67 bits per heavy atom. The summed E-state index contributed by atoms with van der Waals surface area (Å²) in [6, 6.07) is 7.13. The van der Waals surface area contributed by atoms with Crippen molar-refractivity contribution in [3.63, 3.8) is 0 Å². The first kappa shape index (κ1) is 21.3. The average molecular weight is 480 g/mol. The molecule has 3 rings (SSSR count). The lowest BCUT2D eigenvalue weighted by Crippen LogP contribution is -2.29. The highest BCUT2D eigenvalue weighted by molar-refractivity contribution is 9.10. The summed E-state index contributed by atoms with van der Waals surface area (Å²) in [5.74, 6) is -0.311. The van der Waals surface area contributed by atoms with Crippen LogP contribution in [0.15, 0.2) is 41.0 Å². The molecule has 0 spiro atoms. The first-order valence-electron chi connectivity index (χ1n) is 8.36. The van der Waals surface area contributed by atoms with Gasteiger partial charge in [0.1, 0.15) is 6.07 Å². The van der Waals surface area contributed by atoms with Crippen molar-refractivity contribution in [2.45, 2.75) is 19.1 Å². The summed E-state index contributed by atoms with van der Waals surface area (Å²) >= 11 is 2.99. The third-order valence-corrected chi connectivity index (χ3v) is 4.42. The Morgan fingerprint density at radius 2 is 2.07 bits per heavy atom.